The predicted octanol–water partition coefficient (Wildman–Crippen LogP) is 3.25. The zero-order valence-electron chi connectivity index (χ0n) is 11.3. The molecule has 0 fully saturated rings. The molecule has 0 spiro atoms. The van der Waals surface area contributed by atoms with E-state index in [1.807, 2.05) is 49.4 Å². The van der Waals surface area contributed by atoms with E-state index >= 15 is 0 Å². The Morgan fingerprint density at radius 3 is 2.53 bits per heavy atom. The Hall–Kier alpha value is -2.00. The van der Waals surface area contributed by atoms with E-state index in [9.17, 15) is 5.11 Å². The van der Waals surface area contributed by atoms with Crippen molar-refractivity contribution in [2.45, 2.75) is 19.5 Å². The van der Waals surface area contributed by atoms with Crippen LogP contribution in [0.15, 0.2) is 48.5 Å². The Morgan fingerprint density at radius 1 is 1.11 bits per heavy atom. The highest BCUT2D eigenvalue weighted by Crippen LogP contribution is 2.24. The number of benzene rings is 2. The number of methoxy groups -OCH3 is 1. The van der Waals surface area contributed by atoms with Crippen LogP contribution in [0, 0.1) is 0 Å². The van der Waals surface area contributed by atoms with E-state index in [0.29, 0.717) is 12.3 Å². The van der Waals surface area contributed by atoms with Gasteiger partial charge < -0.3 is 15.2 Å². The molecule has 3 heteroatoms. The van der Waals surface area contributed by atoms with Gasteiger partial charge in [-0.2, -0.15) is 0 Å². The molecule has 0 aromatic heterocycles. The number of ether oxygens (including phenoxy) is 1. The minimum absolute atomic E-state index is 0.0751. The molecule has 0 aliphatic carbocycles. The van der Waals surface area contributed by atoms with Crippen molar-refractivity contribution in [2.24, 2.45) is 0 Å². The number of hydrogen-bond acceptors (Lipinski definition) is 3. The lowest BCUT2D eigenvalue weighted by Crippen LogP contribution is -2.18. The molecular weight excluding hydrogens is 238 g/mol. The standard InChI is InChI=1S/C16H19NO2/c1-12(14-8-4-5-9-15(14)18)17-11-13-7-3-6-10-16(13)19-2/h3-10,12,17-18H,11H2,1-2H3. The average Bonchev–Trinajstić information content (AvgIpc) is 2.45. The number of nitrogens with one attached hydrogen (secondary N) is 1. The summed E-state index contributed by atoms with van der Waals surface area (Å²) >= 11 is 0. The van der Waals surface area contributed by atoms with E-state index in [1.54, 1.807) is 13.2 Å². The second-order valence-corrected chi connectivity index (χ2v) is 4.47. The van der Waals surface area contributed by atoms with Crippen LogP contribution in [0.1, 0.15) is 24.1 Å². The van der Waals surface area contributed by atoms with Gasteiger partial charge in [-0.15, -0.1) is 0 Å². The van der Waals surface area contributed by atoms with E-state index in [2.05, 4.69) is 5.32 Å². The molecule has 0 amide bonds. The Bertz CT molecular complexity index is 540. The highest BCUT2D eigenvalue weighted by Gasteiger charge is 2.10. The minimum Gasteiger partial charge on any atom is -0.508 e. The summed E-state index contributed by atoms with van der Waals surface area (Å²) in [7, 11) is 1.67. The van der Waals surface area contributed by atoms with E-state index in [-0.39, 0.29) is 6.04 Å². The topological polar surface area (TPSA) is 41.5 Å². The highest BCUT2D eigenvalue weighted by atomic mass is 16.5. The summed E-state index contributed by atoms with van der Waals surface area (Å²) in [6, 6.07) is 15.4. The molecule has 0 radical (unpaired) electrons. The number of hydrogen-bond donors (Lipinski definition) is 2. The van der Waals surface area contributed by atoms with Crippen LogP contribution in [0.3, 0.4) is 0 Å². The van der Waals surface area contributed by atoms with Crippen LogP contribution in [0.4, 0.5) is 0 Å². The van der Waals surface area contributed by atoms with Gasteiger partial charge in [-0.3, -0.25) is 0 Å². The largest absolute Gasteiger partial charge is 0.508 e. The fraction of sp³-hybridized carbons (Fsp3) is 0.250. The van der Waals surface area contributed by atoms with Gasteiger partial charge >= 0.3 is 0 Å². The maximum Gasteiger partial charge on any atom is 0.123 e. The number of rotatable bonds is 5. The smallest absolute Gasteiger partial charge is 0.123 e. The molecular formula is C16H19NO2. The SMILES string of the molecule is COc1ccccc1CNC(C)c1ccccc1O. The first-order valence-corrected chi connectivity index (χ1v) is 6.35. The van der Waals surface area contributed by atoms with Gasteiger partial charge in [0, 0.05) is 23.7 Å². The van der Waals surface area contributed by atoms with Crippen molar-refractivity contribution in [3.63, 3.8) is 0 Å². The summed E-state index contributed by atoms with van der Waals surface area (Å²) < 4.78 is 5.32. The predicted molar refractivity (Wildman–Crippen MR) is 76.4 cm³/mol. The summed E-state index contributed by atoms with van der Waals surface area (Å²) in [6.45, 7) is 2.73. The normalized spacial score (nSPS) is 12.1. The van der Waals surface area contributed by atoms with Crippen LogP contribution in [0.25, 0.3) is 0 Å². The molecule has 2 aromatic carbocycles. The lowest BCUT2D eigenvalue weighted by Gasteiger charge is -2.16. The van der Waals surface area contributed by atoms with Crippen molar-refractivity contribution in [3.8, 4) is 11.5 Å². The van der Waals surface area contributed by atoms with Crippen molar-refractivity contribution in [3.05, 3.63) is 59.7 Å². The fourth-order valence-electron chi connectivity index (χ4n) is 2.08. The number of aromatic hydroxyl groups is 1. The third-order valence-corrected chi connectivity index (χ3v) is 3.19. The molecule has 1 unspecified atom stereocenters. The molecule has 0 saturated carbocycles. The van der Waals surface area contributed by atoms with Crippen molar-refractivity contribution >= 4 is 0 Å². The first kappa shape index (κ1) is 13.4. The first-order chi connectivity index (χ1) is 9.22. The van der Waals surface area contributed by atoms with Gasteiger partial charge in [-0.05, 0) is 19.1 Å². The van der Waals surface area contributed by atoms with E-state index in [0.717, 1.165) is 16.9 Å². The van der Waals surface area contributed by atoms with Crippen LogP contribution in [0.2, 0.25) is 0 Å². The van der Waals surface area contributed by atoms with Crippen LogP contribution >= 0.6 is 0 Å². The van der Waals surface area contributed by atoms with Crippen LogP contribution in [-0.2, 0) is 6.54 Å². The number of para-hydroxylation sites is 2. The maximum atomic E-state index is 9.81. The van der Waals surface area contributed by atoms with Gasteiger partial charge in [0.1, 0.15) is 11.5 Å². The second-order valence-electron chi connectivity index (χ2n) is 4.47. The fourth-order valence-corrected chi connectivity index (χ4v) is 2.08. The van der Waals surface area contributed by atoms with Gasteiger partial charge in [0.25, 0.3) is 0 Å². The molecule has 2 aromatic rings. The Kier molecular flexibility index (Phi) is 4.42. The number of phenolic OH excluding ortho intramolecular Hbond substituents is 1. The van der Waals surface area contributed by atoms with Gasteiger partial charge in [0.2, 0.25) is 0 Å². The zero-order valence-corrected chi connectivity index (χ0v) is 11.3. The third kappa shape index (κ3) is 3.26. The van der Waals surface area contributed by atoms with Gasteiger partial charge in [0.05, 0.1) is 7.11 Å². The molecule has 0 heterocycles. The summed E-state index contributed by atoms with van der Waals surface area (Å²) in [5, 5.41) is 13.2. The maximum absolute atomic E-state index is 9.81. The summed E-state index contributed by atoms with van der Waals surface area (Å²) in [6.07, 6.45) is 0. The zero-order chi connectivity index (χ0) is 13.7. The molecule has 3 nitrogen and oxygen atoms in total. The molecule has 0 aliphatic rings. The molecule has 1 atom stereocenters. The van der Waals surface area contributed by atoms with E-state index in [1.165, 1.54) is 0 Å². The van der Waals surface area contributed by atoms with Gasteiger partial charge in [-0.25, -0.2) is 0 Å². The minimum atomic E-state index is 0.0751. The first-order valence-electron chi connectivity index (χ1n) is 6.35. The summed E-state index contributed by atoms with van der Waals surface area (Å²) in [5.41, 5.74) is 2.00. The van der Waals surface area contributed by atoms with Crippen LogP contribution in [0.5, 0.6) is 11.5 Å². The van der Waals surface area contributed by atoms with E-state index in [4.69, 9.17) is 4.74 Å². The monoisotopic (exact) mass is 257 g/mol. The Balaban J connectivity index is 2.04. The van der Waals surface area contributed by atoms with Gasteiger partial charge in [-0.1, -0.05) is 36.4 Å². The van der Waals surface area contributed by atoms with Crippen molar-refractivity contribution in [1.82, 2.24) is 5.32 Å². The third-order valence-electron chi connectivity index (χ3n) is 3.19. The lowest BCUT2D eigenvalue weighted by molar-refractivity contribution is 0.405. The van der Waals surface area contributed by atoms with Crippen molar-refractivity contribution in [1.29, 1.82) is 0 Å². The Morgan fingerprint density at radius 2 is 1.79 bits per heavy atom. The molecule has 100 valence electrons. The lowest BCUT2D eigenvalue weighted by atomic mass is 10.1. The highest BCUT2D eigenvalue weighted by molar-refractivity contribution is 5.35. The second kappa shape index (κ2) is 6.25. The summed E-state index contributed by atoms with van der Waals surface area (Å²) in [4.78, 5) is 0. The Labute approximate surface area is 113 Å². The molecule has 2 N–H and O–H groups in total. The van der Waals surface area contributed by atoms with E-state index < -0.39 is 0 Å². The van der Waals surface area contributed by atoms with Crippen LogP contribution < -0.4 is 10.1 Å². The summed E-state index contributed by atoms with van der Waals surface area (Å²) in [5.74, 6) is 1.20. The average molecular weight is 257 g/mol. The van der Waals surface area contributed by atoms with Crippen molar-refractivity contribution < 1.29 is 9.84 Å². The quantitative estimate of drug-likeness (QED) is 0.864. The molecule has 19 heavy (non-hydrogen) atoms. The van der Waals surface area contributed by atoms with Crippen molar-refractivity contribution in [2.75, 3.05) is 7.11 Å². The molecule has 2 rings (SSSR count). The molecule has 0 saturated heterocycles. The van der Waals surface area contributed by atoms with Crippen LogP contribution in [-0.4, -0.2) is 12.2 Å². The molecule has 0 aliphatic heterocycles. The molecule has 0 bridgehead atoms. The van der Waals surface area contributed by atoms with Gasteiger partial charge in [0.15, 0.2) is 0 Å². The number of phenols is 1.